The molecule has 0 radical (unpaired) electrons. The van der Waals surface area contributed by atoms with E-state index in [1.54, 1.807) is 0 Å². The number of aromatic nitrogens is 1. The van der Waals surface area contributed by atoms with Gasteiger partial charge in [-0.1, -0.05) is 20.8 Å². The van der Waals surface area contributed by atoms with E-state index in [0.717, 1.165) is 22.7 Å². The van der Waals surface area contributed by atoms with Gasteiger partial charge in [-0.25, -0.2) is 4.98 Å². The summed E-state index contributed by atoms with van der Waals surface area (Å²) in [4.78, 5) is 4.45. The van der Waals surface area contributed by atoms with Crippen LogP contribution in [-0.4, -0.2) is 4.98 Å². The summed E-state index contributed by atoms with van der Waals surface area (Å²) in [5.74, 6) is 1.65. The fourth-order valence-corrected chi connectivity index (χ4v) is 1.44. The van der Waals surface area contributed by atoms with Crippen molar-refractivity contribution < 1.29 is 4.42 Å². The average molecular weight is 204 g/mol. The van der Waals surface area contributed by atoms with Crippen LogP contribution in [-0.2, 0) is 0 Å². The lowest BCUT2D eigenvalue weighted by atomic mass is 9.98. The monoisotopic (exact) mass is 204 g/mol. The maximum atomic E-state index is 5.69. The van der Waals surface area contributed by atoms with Crippen molar-refractivity contribution in [1.29, 1.82) is 0 Å². The Hall–Kier alpha value is -1.51. The van der Waals surface area contributed by atoms with Crippen LogP contribution < -0.4 is 5.73 Å². The number of anilines is 1. The van der Waals surface area contributed by atoms with E-state index in [-0.39, 0.29) is 0 Å². The average Bonchev–Trinajstić information content (AvgIpc) is 2.58. The first-order valence-corrected chi connectivity index (χ1v) is 5.24. The van der Waals surface area contributed by atoms with Crippen LogP contribution in [0.4, 0.5) is 5.69 Å². The van der Waals surface area contributed by atoms with Gasteiger partial charge in [0.15, 0.2) is 11.5 Å². The Labute approximate surface area is 89.3 Å². The molecular formula is C12H16N2O. The number of nitrogens with zero attached hydrogens (tertiary/aromatic N) is 1. The third kappa shape index (κ3) is 1.82. The SMILES string of the molecule is CC(C)C(C)c1nc2cc(N)ccc2o1. The Bertz CT molecular complexity index is 473. The van der Waals surface area contributed by atoms with Crippen molar-refractivity contribution in [2.24, 2.45) is 5.92 Å². The second-order valence-electron chi connectivity index (χ2n) is 4.31. The maximum Gasteiger partial charge on any atom is 0.198 e. The van der Waals surface area contributed by atoms with Gasteiger partial charge in [0.05, 0.1) is 0 Å². The van der Waals surface area contributed by atoms with Gasteiger partial charge in [0.25, 0.3) is 0 Å². The van der Waals surface area contributed by atoms with E-state index in [1.807, 2.05) is 18.2 Å². The smallest absolute Gasteiger partial charge is 0.198 e. The van der Waals surface area contributed by atoms with Crippen molar-refractivity contribution in [1.82, 2.24) is 4.98 Å². The van der Waals surface area contributed by atoms with Crippen LogP contribution in [0.5, 0.6) is 0 Å². The molecule has 1 unspecified atom stereocenters. The first-order chi connectivity index (χ1) is 7.08. The van der Waals surface area contributed by atoms with E-state index in [2.05, 4.69) is 25.8 Å². The van der Waals surface area contributed by atoms with E-state index >= 15 is 0 Å². The molecule has 15 heavy (non-hydrogen) atoms. The summed E-state index contributed by atoms with van der Waals surface area (Å²) in [6.45, 7) is 6.44. The van der Waals surface area contributed by atoms with Crippen molar-refractivity contribution in [3.05, 3.63) is 24.1 Å². The molecular weight excluding hydrogens is 188 g/mol. The van der Waals surface area contributed by atoms with Crippen LogP contribution in [0.1, 0.15) is 32.6 Å². The van der Waals surface area contributed by atoms with Gasteiger partial charge in [-0.05, 0) is 24.1 Å². The van der Waals surface area contributed by atoms with Crippen molar-refractivity contribution in [3.63, 3.8) is 0 Å². The van der Waals surface area contributed by atoms with E-state index in [9.17, 15) is 0 Å². The first kappa shape index (κ1) is 10.0. The molecule has 0 saturated carbocycles. The van der Waals surface area contributed by atoms with Crippen molar-refractivity contribution in [2.75, 3.05) is 5.73 Å². The van der Waals surface area contributed by atoms with Gasteiger partial charge in [-0.15, -0.1) is 0 Å². The van der Waals surface area contributed by atoms with Crippen LogP contribution in [0.3, 0.4) is 0 Å². The molecule has 0 amide bonds. The van der Waals surface area contributed by atoms with E-state index in [4.69, 9.17) is 10.2 Å². The Morgan fingerprint density at radius 3 is 2.67 bits per heavy atom. The maximum absolute atomic E-state index is 5.69. The molecule has 3 heteroatoms. The van der Waals surface area contributed by atoms with Crippen molar-refractivity contribution in [3.8, 4) is 0 Å². The summed E-state index contributed by atoms with van der Waals surface area (Å²) < 4.78 is 5.68. The lowest BCUT2D eigenvalue weighted by Crippen LogP contribution is -2.01. The van der Waals surface area contributed by atoms with Gasteiger partial charge in [0.2, 0.25) is 0 Å². The molecule has 1 heterocycles. The largest absolute Gasteiger partial charge is 0.440 e. The van der Waals surface area contributed by atoms with Gasteiger partial charge in [-0.3, -0.25) is 0 Å². The number of benzene rings is 1. The van der Waals surface area contributed by atoms with E-state index < -0.39 is 0 Å². The van der Waals surface area contributed by atoms with Gasteiger partial charge in [-0.2, -0.15) is 0 Å². The highest BCUT2D eigenvalue weighted by molar-refractivity contribution is 5.76. The molecule has 2 rings (SSSR count). The van der Waals surface area contributed by atoms with Crippen LogP contribution in [0.25, 0.3) is 11.1 Å². The Morgan fingerprint density at radius 1 is 1.27 bits per heavy atom. The fraction of sp³-hybridized carbons (Fsp3) is 0.417. The molecule has 0 saturated heterocycles. The van der Waals surface area contributed by atoms with Gasteiger partial charge >= 0.3 is 0 Å². The van der Waals surface area contributed by atoms with Crippen molar-refractivity contribution in [2.45, 2.75) is 26.7 Å². The number of hydrogen-bond acceptors (Lipinski definition) is 3. The highest BCUT2D eigenvalue weighted by atomic mass is 16.3. The summed E-state index contributed by atoms with van der Waals surface area (Å²) in [5.41, 5.74) is 8.07. The zero-order chi connectivity index (χ0) is 11.0. The molecule has 3 nitrogen and oxygen atoms in total. The Morgan fingerprint density at radius 2 is 2.00 bits per heavy atom. The third-order valence-electron chi connectivity index (χ3n) is 2.82. The minimum absolute atomic E-state index is 0.332. The molecule has 1 aromatic carbocycles. The number of oxazole rings is 1. The summed E-state index contributed by atoms with van der Waals surface area (Å²) in [6.07, 6.45) is 0. The summed E-state index contributed by atoms with van der Waals surface area (Å²) in [7, 11) is 0. The predicted octanol–water partition coefficient (Wildman–Crippen LogP) is 3.17. The predicted molar refractivity (Wildman–Crippen MR) is 61.7 cm³/mol. The minimum Gasteiger partial charge on any atom is -0.440 e. The lowest BCUT2D eigenvalue weighted by Gasteiger charge is -2.09. The second kappa shape index (κ2) is 3.57. The van der Waals surface area contributed by atoms with Crippen LogP contribution in [0, 0.1) is 5.92 Å². The topological polar surface area (TPSA) is 52.0 Å². The number of nitrogens with two attached hydrogens (primary N) is 1. The molecule has 1 atom stereocenters. The highest BCUT2D eigenvalue weighted by Crippen LogP contribution is 2.27. The molecule has 0 aliphatic rings. The molecule has 2 aromatic rings. The number of nitrogen functional groups attached to an aromatic ring is 1. The third-order valence-corrected chi connectivity index (χ3v) is 2.82. The van der Waals surface area contributed by atoms with Crippen LogP contribution in [0.15, 0.2) is 22.6 Å². The molecule has 0 fully saturated rings. The highest BCUT2D eigenvalue weighted by Gasteiger charge is 2.16. The summed E-state index contributed by atoms with van der Waals surface area (Å²) in [5, 5.41) is 0. The van der Waals surface area contributed by atoms with Gasteiger partial charge < -0.3 is 10.2 Å². The lowest BCUT2D eigenvalue weighted by molar-refractivity contribution is 0.416. The fourth-order valence-electron chi connectivity index (χ4n) is 1.44. The van der Waals surface area contributed by atoms with Crippen LogP contribution >= 0.6 is 0 Å². The second-order valence-corrected chi connectivity index (χ2v) is 4.31. The first-order valence-electron chi connectivity index (χ1n) is 5.24. The zero-order valence-electron chi connectivity index (χ0n) is 9.32. The summed E-state index contributed by atoms with van der Waals surface area (Å²) >= 11 is 0. The minimum atomic E-state index is 0.332. The van der Waals surface area contributed by atoms with E-state index in [1.165, 1.54) is 0 Å². The molecule has 1 aromatic heterocycles. The molecule has 0 aliphatic heterocycles. The molecule has 80 valence electrons. The molecule has 0 bridgehead atoms. The molecule has 0 spiro atoms. The Kier molecular flexibility index (Phi) is 2.39. The number of fused-ring (bicyclic) bond motifs is 1. The van der Waals surface area contributed by atoms with Gasteiger partial charge in [0.1, 0.15) is 5.52 Å². The summed E-state index contributed by atoms with van der Waals surface area (Å²) in [6, 6.07) is 5.54. The van der Waals surface area contributed by atoms with Crippen LogP contribution in [0.2, 0.25) is 0 Å². The quantitative estimate of drug-likeness (QED) is 0.764. The van der Waals surface area contributed by atoms with E-state index in [0.29, 0.717) is 11.8 Å². The Balaban J connectivity index is 2.47. The standard InChI is InChI=1S/C12H16N2O/c1-7(2)8(3)12-14-10-6-9(13)4-5-11(10)15-12/h4-8H,13H2,1-3H3. The zero-order valence-corrected chi connectivity index (χ0v) is 9.32. The number of rotatable bonds is 2. The molecule has 2 N–H and O–H groups in total. The number of hydrogen-bond donors (Lipinski definition) is 1. The van der Waals surface area contributed by atoms with Gasteiger partial charge in [0, 0.05) is 11.6 Å². The normalized spacial score (nSPS) is 13.6. The van der Waals surface area contributed by atoms with Crippen molar-refractivity contribution >= 4 is 16.8 Å². The molecule has 0 aliphatic carbocycles.